The van der Waals surface area contributed by atoms with Crippen molar-refractivity contribution in [1.82, 2.24) is 19.9 Å². The predicted molar refractivity (Wildman–Crippen MR) is 119 cm³/mol. The Kier molecular flexibility index (Phi) is 4.50. The Labute approximate surface area is 176 Å². The van der Waals surface area contributed by atoms with Crippen LogP contribution in [-0.4, -0.2) is 46.0 Å². The van der Waals surface area contributed by atoms with E-state index >= 15 is 0 Å². The molecule has 3 heterocycles. The lowest BCUT2D eigenvalue weighted by molar-refractivity contribution is 0.414. The normalized spacial score (nSPS) is 17.4. The summed E-state index contributed by atoms with van der Waals surface area (Å²) in [6.45, 7) is 1.92. The summed E-state index contributed by atoms with van der Waals surface area (Å²) >= 11 is 12.4. The Morgan fingerprint density at radius 1 is 1.10 bits per heavy atom. The van der Waals surface area contributed by atoms with Gasteiger partial charge >= 0.3 is 0 Å². The monoisotopic (exact) mass is 427 g/mol. The number of likely N-dealkylation sites (tertiary alicyclic amines) is 1. The molecule has 1 fully saturated rings. The number of imidazole rings is 1. The third kappa shape index (κ3) is 3.37. The molecule has 2 aromatic carbocycles. The van der Waals surface area contributed by atoms with Crippen molar-refractivity contribution in [2.75, 3.05) is 25.5 Å². The van der Waals surface area contributed by atoms with Crippen LogP contribution in [0.1, 0.15) is 6.42 Å². The highest BCUT2D eigenvalue weighted by Gasteiger charge is 2.24. The summed E-state index contributed by atoms with van der Waals surface area (Å²) in [7, 11) is 2.10. The van der Waals surface area contributed by atoms with Gasteiger partial charge in [0.15, 0.2) is 0 Å². The van der Waals surface area contributed by atoms with Gasteiger partial charge in [0, 0.05) is 28.0 Å². The quantitative estimate of drug-likeness (QED) is 0.449. The van der Waals surface area contributed by atoms with Crippen LogP contribution in [0.5, 0.6) is 0 Å². The molecule has 2 aromatic heterocycles. The van der Waals surface area contributed by atoms with Gasteiger partial charge in [0.05, 0.1) is 22.2 Å². The summed E-state index contributed by atoms with van der Waals surface area (Å²) in [5.74, 6) is 0.499. The molecule has 0 bridgehead atoms. The van der Waals surface area contributed by atoms with E-state index in [0.717, 1.165) is 47.1 Å². The molecule has 0 aliphatic carbocycles. The predicted octanol–water partition coefficient (Wildman–Crippen LogP) is 4.49. The van der Waals surface area contributed by atoms with Gasteiger partial charge in [-0.05, 0) is 56.4 Å². The molecule has 1 atom stereocenters. The Morgan fingerprint density at radius 2 is 1.90 bits per heavy atom. The van der Waals surface area contributed by atoms with Gasteiger partial charge in [0.25, 0.3) is 5.56 Å². The van der Waals surface area contributed by atoms with Gasteiger partial charge in [0.2, 0.25) is 0 Å². The Morgan fingerprint density at radius 3 is 2.69 bits per heavy atom. The van der Waals surface area contributed by atoms with E-state index < -0.39 is 0 Å². The second-order valence-corrected chi connectivity index (χ2v) is 8.41. The summed E-state index contributed by atoms with van der Waals surface area (Å²) in [6.07, 6.45) is 1.00. The zero-order valence-corrected chi connectivity index (χ0v) is 17.2. The van der Waals surface area contributed by atoms with Crippen molar-refractivity contribution in [2.24, 2.45) is 0 Å². The number of rotatable bonds is 3. The maximum atomic E-state index is 13.1. The van der Waals surface area contributed by atoms with Gasteiger partial charge in [-0.25, -0.2) is 4.98 Å². The highest BCUT2D eigenvalue weighted by atomic mass is 35.5. The summed E-state index contributed by atoms with van der Waals surface area (Å²) in [5.41, 5.74) is 3.28. The van der Waals surface area contributed by atoms with Gasteiger partial charge in [-0.3, -0.25) is 4.79 Å². The van der Waals surface area contributed by atoms with E-state index in [1.807, 2.05) is 18.2 Å². The molecule has 29 heavy (non-hydrogen) atoms. The van der Waals surface area contributed by atoms with Gasteiger partial charge in [-0.15, -0.1) is 0 Å². The Hall–Kier alpha value is -2.54. The van der Waals surface area contributed by atoms with Gasteiger partial charge in [0.1, 0.15) is 11.4 Å². The molecule has 0 spiro atoms. The summed E-state index contributed by atoms with van der Waals surface area (Å²) in [4.78, 5) is 26.2. The van der Waals surface area contributed by atoms with Gasteiger partial charge in [-0.1, -0.05) is 23.2 Å². The number of hydrogen-bond donors (Lipinski definition) is 3. The second-order valence-electron chi connectivity index (χ2n) is 7.53. The zero-order chi connectivity index (χ0) is 20.1. The molecule has 0 unspecified atom stereocenters. The minimum absolute atomic E-state index is 0.209. The average molecular weight is 428 g/mol. The summed E-state index contributed by atoms with van der Waals surface area (Å²) < 4.78 is 0. The number of nitrogens with one attached hydrogen (secondary N) is 3. The van der Waals surface area contributed by atoms with E-state index in [1.54, 1.807) is 18.2 Å². The lowest BCUT2D eigenvalue weighted by Gasteiger charge is -2.18. The average Bonchev–Trinajstić information content (AvgIpc) is 3.27. The number of aromatic nitrogens is 3. The van der Waals surface area contributed by atoms with Crippen LogP contribution >= 0.6 is 23.2 Å². The maximum Gasteiger partial charge on any atom is 0.261 e. The molecule has 0 radical (unpaired) electrons. The number of nitrogens with zero attached hydrogens (tertiary/aromatic N) is 2. The molecule has 1 aliphatic rings. The SMILES string of the molecule is CN1CC[C@H](Nc2c(-c3nc4ccc(Cl)cc4[nH]3)c(=O)[nH]c3ccc(Cl)cc23)C1. The minimum Gasteiger partial charge on any atom is -0.380 e. The number of hydrogen-bond acceptors (Lipinski definition) is 4. The van der Waals surface area contributed by atoms with E-state index in [0.29, 0.717) is 21.4 Å². The first-order valence-electron chi connectivity index (χ1n) is 9.44. The van der Waals surface area contributed by atoms with E-state index in [2.05, 4.69) is 32.2 Å². The fraction of sp³-hybridized carbons (Fsp3) is 0.238. The lowest BCUT2D eigenvalue weighted by atomic mass is 10.1. The lowest BCUT2D eigenvalue weighted by Crippen LogP contribution is -2.25. The van der Waals surface area contributed by atoms with Crippen molar-refractivity contribution in [3.8, 4) is 11.4 Å². The highest BCUT2D eigenvalue weighted by molar-refractivity contribution is 6.31. The Balaban J connectivity index is 1.75. The van der Waals surface area contributed by atoms with Crippen molar-refractivity contribution in [3.05, 3.63) is 56.8 Å². The van der Waals surface area contributed by atoms with Crippen molar-refractivity contribution in [3.63, 3.8) is 0 Å². The highest BCUT2D eigenvalue weighted by Crippen LogP contribution is 2.33. The smallest absolute Gasteiger partial charge is 0.261 e. The summed E-state index contributed by atoms with van der Waals surface area (Å²) in [6, 6.07) is 11.1. The minimum atomic E-state index is -0.209. The van der Waals surface area contributed by atoms with Crippen LogP contribution in [0.3, 0.4) is 0 Å². The number of aromatic amines is 2. The van der Waals surface area contributed by atoms with Gasteiger partial charge in [-0.2, -0.15) is 0 Å². The van der Waals surface area contributed by atoms with Crippen LogP contribution in [0.15, 0.2) is 41.2 Å². The number of fused-ring (bicyclic) bond motifs is 2. The molecular weight excluding hydrogens is 409 g/mol. The standard InChI is InChI=1S/C21H19Cl2N5O/c1-28-7-6-13(10-28)24-19-14-8-11(22)2-4-15(14)27-21(29)18(19)20-25-16-5-3-12(23)9-17(16)26-20/h2-5,8-9,13H,6-7,10H2,1H3,(H,25,26)(H2,24,27,29)/t13-/m0/s1. The number of H-pyrrole nitrogens is 2. The molecule has 4 aromatic rings. The molecule has 8 heteroatoms. The van der Waals surface area contributed by atoms with Crippen LogP contribution in [-0.2, 0) is 0 Å². The first-order valence-corrected chi connectivity index (χ1v) is 10.2. The topological polar surface area (TPSA) is 76.8 Å². The third-order valence-electron chi connectivity index (χ3n) is 5.40. The van der Waals surface area contributed by atoms with Crippen LogP contribution in [0, 0.1) is 0 Å². The fourth-order valence-corrected chi connectivity index (χ4v) is 4.34. The number of pyridine rings is 1. The van der Waals surface area contributed by atoms with E-state index in [4.69, 9.17) is 23.2 Å². The molecule has 0 amide bonds. The first-order chi connectivity index (χ1) is 14.0. The third-order valence-corrected chi connectivity index (χ3v) is 5.87. The van der Waals surface area contributed by atoms with Crippen molar-refractivity contribution in [1.29, 1.82) is 0 Å². The molecule has 1 saturated heterocycles. The number of halogens is 2. The largest absolute Gasteiger partial charge is 0.380 e. The number of anilines is 1. The van der Waals surface area contributed by atoms with Crippen molar-refractivity contribution in [2.45, 2.75) is 12.5 Å². The maximum absolute atomic E-state index is 13.1. The van der Waals surface area contributed by atoms with Crippen LogP contribution < -0.4 is 10.9 Å². The second kappa shape index (κ2) is 7.06. The number of benzene rings is 2. The van der Waals surface area contributed by atoms with Gasteiger partial charge < -0.3 is 20.2 Å². The molecule has 0 saturated carbocycles. The van der Waals surface area contributed by atoms with E-state index in [1.165, 1.54) is 0 Å². The Bertz CT molecular complexity index is 1300. The van der Waals surface area contributed by atoms with Crippen LogP contribution in [0.25, 0.3) is 33.3 Å². The van der Waals surface area contributed by atoms with E-state index in [9.17, 15) is 4.79 Å². The number of likely N-dealkylation sites (N-methyl/N-ethyl adjacent to an activating group) is 1. The zero-order valence-electron chi connectivity index (χ0n) is 15.7. The fourth-order valence-electron chi connectivity index (χ4n) is 4.00. The molecule has 1 aliphatic heterocycles. The molecule has 3 N–H and O–H groups in total. The van der Waals surface area contributed by atoms with Crippen LogP contribution in [0.2, 0.25) is 10.0 Å². The molecule has 148 valence electrons. The van der Waals surface area contributed by atoms with Crippen LogP contribution in [0.4, 0.5) is 5.69 Å². The summed E-state index contributed by atoms with van der Waals surface area (Å²) in [5, 5.41) is 5.68. The molecule has 5 rings (SSSR count). The molecule has 6 nitrogen and oxygen atoms in total. The van der Waals surface area contributed by atoms with Crippen molar-refractivity contribution < 1.29 is 0 Å². The molecular formula is C21H19Cl2N5O. The van der Waals surface area contributed by atoms with Crippen molar-refractivity contribution >= 4 is 50.8 Å². The van der Waals surface area contributed by atoms with E-state index in [-0.39, 0.29) is 11.6 Å². The first kappa shape index (κ1) is 18.5.